The lowest BCUT2D eigenvalue weighted by molar-refractivity contribution is -0.140. The molecule has 1 aromatic rings. The van der Waals surface area contributed by atoms with Crippen molar-refractivity contribution in [2.24, 2.45) is 0 Å². The van der Waals surface area contributed by atoms with Gasteiger partial charge in [-0.2, -0.15) is 0 Å². The molecule has 0 saturated heterocycles. The lowest BCUT2D eigenvalue weighted by Crippen LogP contribution is -2.39. The Labute approximate surface area is 99.2 Å². The van der Waals surface area contributed by atoms with E-state index in [9.17, 15) is 4.79 Å². The van der Waals surface area contributed by atoms with Gasteiger partial charge in [-0.3, -0.25) is 10.1 Å². The van der Waals surface area contributed by atoms with Crippen molar-refractivity contribution in [3.05, 3.63) is 21.9 Å². The van der Waals surface area contributed by atoms with Gasteiger partial charge in [0.25, 0.3) is 0 Å². The second kappa shape index (κ2) is 6.62. The molecule has 1 unspecified atom stereocenters. The first-order valence-electron chi connectivity index (χ1n) is 5.19. The van der Waals surface area contributed by atoms with Crippen molar-refractivity contribution in [3.63, 3.8) is 0 Å². The molecule has 1 rings (SSSR count). The third-order valence-corrected chi connectivity index (χ3v) is 3.32. The molecule has 0 fully saturated rings. The van der Waals surface area contributed by atoms with Crippen LogP contribution in [0.1, 0.15) is 17.4 Å². The van der Waals surface area contributed by atoms with E-state index in [-0.39, 0.29) is 6.61 Å². The summed E-state index contributed by atoms with van der Waals surface area (Å²) >= 11 is 1.65. The third kappa shape index (κ3) is 3.59. The van der Waals surface area contributed by atoms with Crippen molar-refractivity contribution >= 4 is 17.3 Å². The van der Waals surface area contributed by atoms with Crippen LogP contribution in [0.2, 0.25) is 0 Å². The zero-order chi connectivity index (χ0) is 12.0. The van der Waals surface area contributed by atoms with Crippen LogP contribution >= 0.6 is 11.3 Å². The molecule has 0 aliphatic heterocycles. The first-order chi connectivity index (χ1) is 7.69. The molecule has 0 saturated carbocycles. The third-order valence-electron chi connectivity index (χ3n) is 2.36. The minimum atomic E-state index is -0.878. The number of carboxylic acid groups (broad SMARTS) is 1. The van der Waals surface area contributed by atoms with Crippen LogP contribution in [0.15, 0.2) is 11.4 Å². The molecule has 1 aromatic heterocycles. The van der Waals surface area contributed by atoms with Gasteiger partial charge in [0.1, 0.15) is 6.04 Å². The van der Waals surface area contributed by atoms with Crippen LogP contribution in [0, 0.1) is 0 Å². The number of methoxy groups -OCH3 is 1. The number of rotatable bonds is 7. The summed E-state index contributed by atoms with van der Waals surface area (Å²) in [6.45, 7) is 2.86. The maximum Gasteiger partial charge on any atom is 0.323 e. The molecule has 0 aliphatic rings. The fraction of sp³-hybridized carbons (Fsp3) is 0.545. The van der Waals surface area contributed by atoms with E-state index in [4.69, 9.17) is 9.84 Å². The summed E-state index contributed by atoms with van der Waals surface area (Å²) in [6, 6.07) is 1.44. The average Bonchev–Trinajstić information content (AvgIpc) is 2.71. The van der Waals surface area contributed by atoms with Crippen LogP contribution in [0.25, 0.3) is 0 Å². The highest BCUT2D eigenvalue weighted by molar-refractivity contribution is 7.10. The van der Waals surface area contributed by atoms with Gasteiger partial charge in [-0.05, 0) is 23.4 Å². The number of thiophene rings is 1. The Hall–Kier alpha value is -0.910. The topological polar surface area (TPSA) is 58.6 Å². The van der Waals surface area contributed by atoms with Gasteiger partial charge in [0.15, 0.2) is 0 Å². The smallest absolute Gasteiger partial charge is 0.323 e. The maximum absolute atomic E-state index is 10.9. The number of carboxylic acids is 1. The number of nitrogens with one attached hydrogen (secondary N) is 1. The van der Waals surface area contributed by atoms with Crippen LogP contribution < -0.4 is 5.32 Å². The monoisotopic (exact) mass is 243 g/mol. The largest absolute Gasteiger partial charge is 0.480 e. The summed E-state index contributed by atoms with van der Waals surface area (Å²) in [5.74, 6) is -0.878. The number of hydrogen-bond acceptors (Lipinski definition) is 4. The summed E-state index contributed by atoms with van der Waals surface area (Å²) in [6.07, 6.45) is 0.975. The van der Waals surface area contributed by atoms with Crippen LogP contribution in [-0.2, 0) is 22.5 Å². The molecule has 1 atom stereocenters. The molecule has 0 amide bonds. The minimum absolute atomic E-state index is 0.183. The van der Waals surface area contributed by atoms with E-state index >= 15 is 0 Å². The van der Waals surface area contributed by atoms with Crippen molar-refractivity contribution < 1.29 is 14.6 Å². The second-order valence-electron chi connectivity index (χ2n) is 3.45. The van der Waals surface area contributed by atoms with E-state index in [1.54, 1.807) is 11.3 Å². The Bertz CT molecular complexity index is 338. The van der Waals surface area contributed by atoms with Gasteiger partial charge in [0, 0.05) is 18.5 Å². The van der Waals surface area contributed by atoms with Gasteiger partial charge < -0.3 is 9.84 Å². The van der Waals surface area contributed by atoms with Crippen molar-refractivity contribution in [1.82, 2.24) is 5.32 Å². The fourth-order valence-electron chi connectivity index (χ4n) is 1.44. The molecule has 0 aliphatic carbocycles. The van der Waals surface area contributed by atoms with E-state index in [0.29, 0.717) is 6.54 Å². The normalized spacial score (nSPS) is 12.6. The van der Waals surface area contributed by atoms with Gasteiger partial charge in [0.2, 0.25) is 0 Å². The van der Waals surface area contributed by atoms with Crippen LogP contribution in [-0.4, -0.2) is 30.8 Å². The molecule has 0 bridgehead atoms. The Balaban J connectivity index is 2.51. The highest BCUT2D eigenvalue weighted by Crippen LogP contribution is 2.17. The second-order valence-corrected chi connectivity index (χ2v) is 4.45. The lowest BCUT2D eigenvalue weighted by atomic mass is 10.2. The molecule has 0 spiro atoms. The average molecular weight is 243 g/mol. The maximum atomic E-state index is 10.9. The van der Waals surface area contributed by atoms with Gasteiger partial charge in [-0.15, -0.1) is 11.3 Å². The molecule has 90 valence electrons. The van der Waals surface area contributed by atoms with E-state index in [0.717, 1.165) is 6.42 Å². The lowest BCUT2D eigenvalue weighted by Gasteiger charge is -2.13. The van der Waals surface area contributed by atoms with Crippen LogP contribution in [0.4, 0.5) is 0 Å². The van der Waals surface area contributed by atoms with E-state index in [2.05, 4.69) is 18.3 Å². The molecule has 0 aromatic carbocycles. The quantitative estimate of drug-likeness (QED) is 0.762. The van der Waals surface area contributed by atoms with Crippen LogP contribution in [0.3, 0.4) is 0 Å². The molecular formula is C11H17NO3S. The summed E-state index contributed by atoms with van der Waals surface area (Å²) in [5, 5.41) is 13.9. The Morgan fingerprint density at radius 1 is 1.69 bits per heavy atom. The first-order valence-corrected chi connectivity index (χ1v) is 6.07. The number of hydrogen-bond donors (Lipinski definition) is 2. The summed E-state index contributed by atoms with van der Waals surface area (Å²) in [5.41, 5.74) is 1.28. The fourth-order valence-corrected chi connectivity index (χ4v) is 2.36. The molecular weight excluding hydrogens is 226 g/mol. The zero-order valence-corrected chi connectivity index (χ0v) is 10.3. The minimum Gasteiger partial charge on any atom is -0.480 e. The van der Waals surface area contributed by atoms with Crippen LogP contribution in [0.5, 0.6) is 0 Å². The number of ether oxygens (including phenoxy) is 1. The van der Waals surface area contributed by atoms with E-state index in [1.165, 1.54) is 17.6 Å². The zero-order valence-electron chi connectivity index (χ0n) is 9.53. The first kappa shape index (κ1) is 13.2. The molecule has 2 N–H and O–H groups in total. The van der Waals surface area contributed by atoms with Gasteiger partial charge >= 0.3 is 5.97 Å². The summed E-state index contributed by atoms with van der Waals surface area (Å²) in [7, 11) is 1.50. The van der Waals surface area contributed by atoms with Crippen molar-refractivity contribution in [2.75, 3.05) is 13.7 Å². The predicted octanol–water partition coefficient (Wildman–Crippen LogP) is 1.50. The predicted molar refractivity (Wildman–Crippen MR) is 63.8 cm³/mol. The molecule has 4 nitrogen and oxygen atoms in total. The van der Waals surface area contributed by atoms with Gasteiger partial charge in [0.05, 0.1) is 6.61 Å². The molecule has 1 heterocycles. The van der Waals surface area contributed by atoms with Crippen molar-refractivity contribution in [3.8, 4) is 0 Å². The Morgan fingerprint density at radius 3 is 3.00 bits per heavy atom. The van der Waals surface area contributed by atoms with E-state index < -0.39 is 12.0 Å². The highest BCUT2D eigenvalue weighted by Gasteiger charge is 2.16. The number of aliphatic carboxylic acids is 1. The highest BCUT2D eigenvalue weighted by atomic mass is 32.1. The summed E-state index contributed by atoms with van der Waals surface area (Å²) < 4.78 is 4.85. The number of aryl methyl sites for hydroxylation is 1. The SMILES string of the molecule is CCc1ccsc1CNC(COC)C(=O)O. The Kier molecular flexibility index (Phi) is 5.45. The van der Waals surface area contributed by atoms with Gasteiger partial charge in [-0.25, -0.2) is 0 Å². The molecule has 5 heteroatoms. The Morgan fingerprint density at radius 2 is 2.44 bits per heavy atom. The van der Waals surface area contributed by atoms with E-state index in [1.807, 2.05) is 5.38 Å². The standard InChI is InChI=1S/C11H17NO3S/c1-3-8-4-5-16-10(8)6-12-9(7-15-2)11(13)14/h4-5,9,12H,3,6-7H2,1-2H3,(H,13,14). The van der Waals surface area contributed by atoms with Gasteiger partial charge in [-0.1, -0.05) is 6.92 Å². The van der Waals surface area contributed by atoms with Crippen molar-refractivity contribution in [2.45, 2.75) is 25.9 Å². The molecule has 0 radical (unpaired) electrons. The number of carbonyl (C=O) groups is 1. The summed E-state index contributed by atoms with van der Waals surface area (Å²) in [4.78, 5) is 12.1. The van der Waals surface area contributed by atoms with Crippen molar-refractivity contribution in [1.29, 1.82) is 0 Å². The molecule has 16 heavy (non-hydrogen) atoms.